The molecule has 0 amide bonds. The Balaban J connectivity index is 1.88. The number of hydrogen-bond acceptors (Lipinski definition) is 3. The molecule has 3 rings (SSSR count). The lowest BCUT2D eigenvalue weighted by Gasteiger charge is -2.31. The van der Waals surface area contributed by atoms with E-state index in [9.17, 15) is 5.11 Å². The van der Waals surface area contributed by atoms with Crippen LogP contribution in [-0.2, 0) is 4.74 Å². The van der Waals surface area contributed by atoms with Crippen LogP contribution in [0.3, 0.4) is 0 Å². The molecule has 0 aliphatic carbocycles. The van der Waals surface area contributed by atoms with E-state index in [1.807, 2.05) is 30.3 Å². The van der Waals surface area contributed by atoms with Gasteiger partial charge < -0.3 is 14.3 Å². The average molecular weight is 246 g/mol. The Morgan fingerprint density at radius 2 is 2.17 bits per heavy atom. The van der Waals surface area contributed by atoms with Crippen LogP contribution in [0, 0.1) is 11.8 Å². The summed E-state index contributed by atoms with van der Waals surface area (Å²) < 4.78 is 11.2. The standard InChI is InChI=1S/C15H18O3/c1-10-9-17-7-6-12(10)15(16)14-8-11-4-2-3-5-13(11)18-14/h2-5,8,10,12,15-16H,6-7,9H2,1H3. The van der Waals surface area contributed by atoms with Gasteiger partial charge in [-0.15, -0.1) is 0 Å². The van der Waals surface area contributed by atoms with E-state index >= 15 is 0 Å². The lowest BCUT2D eigenvalue weighted by atomic mass is 9.84. The highest BCUT2D eigenvalue weighted by Crippen LogP contribution is 2.35. The quantitative estimate of drug-likeness (QED) is 0.885. The second kappa shape index (κ2) is 4.75. The summed E-state index contributed by atoms with van der Waals surface area (Å²) in [5.41, 5.74) is 0.839. The summed E-state index contributed by atoms with van der Waals surface area (Å²) in [5, 5.41) is 11.5. The minimum Gasteiger partial charge on any atom is -0.458 e. The Bertz CT molecular complexity index is 498. The smallest absolute Gasteiger partial charge is 0.134 e. The zero-order chi connectivity index (χ0) is 12.5. The molecule has 96 valence electrons. The van der Waals surface area contributed by atoms with E-state index in [4.69, 9.17) is 9.15 Å². The molecule has 1 aliphatic rings. The summed E-state index contributed by atoms with van der Waals surface area (Å²) in [6.07, 6.45) is 0.357. The van der Waals surface area contributed by atoms with Crippen LogP contribution in [0.1, 0.15) is 25.2 Å². The molecule has 2 aromatic rings. The van der Waals surface area contributed by atoms with E-state index in [0.29, 0.717) is 11.7 Å². The zero-order valence-corrected chi connectivity index (χ0v) is 10.5. The minimum absolute atomic E-state index is 0.222. The van der Waals surface area contributed by atoms with Crippen molar-refractivity contribution in [1.29, 1.82) is 0 Å². The van der Waals surface area contributed by atoms with Gasteiger partial charge in [0.25, 0.3) is 0 Å². The normalized spacial score (nSPS) is 26.3. The van der Waals surface area contributed by atoms with Gasteiger partial charge in [-0.2, -0.15) is 0 Å². The fourth-order valence-electron chi connectivity index (χ4n) is 2.72. The van der Waals surface area contributed by atoms with Gasteiger partial charge in [0.1, 0.15) is 17.4 Å². The predicted molar refractivity (Wildman–Crippen MR) is 69.3 cm³/mol. The summed E-state index contributed by atoms with van der Waals surface area (Å²) in [4.78, 5) is 0. The Hall–Kier alpha value is -1.32. The summed E-state index contributed by atoms with van der Waals surface area (Å²) in [5.74, 6) is 1.26. The Morgan fingerprint density at radius 3 is 2.94 bits per heavy atom. The van der Waals surface area contributed by atoms with Crippen LogP contribution in [0.2, 0.25) is 0 Å². The number of hydrogen-bond donors (Lipinski definition) is 1. The Morgan fingerprint density at radius 1 is 1.33 bits per heavy atom. The fourth-order valence-corrected chi connectivity index (χ4v) is 2.72. The third-order valence-electron chi connectivity index (χ3n) is 3.85. The number of benzene rings is 1. The van der Waals surface area contributed by atoms with Gasteiger partial charge in [0.05, 0.1) is 0 Å². The SMILES string of the molecule is CC1COCCC1C(O)c1cc2ccccc2o1. The lowest BCUT2D eigenvalue weighted by Crippen LogP contribution is -2.29. The van der Waals surface area contributed by atoms with E-state index in [-0.39, 0.29) is 5.92 Å². The molecular weight excluding hydrogens is 228 g/mol. The van der Waals surface area contributed by atoms with Crippen molar-refractivity contribution < 1.29 is 14.3 Å². The van der Waals surface area contributed by atoms with Crippen molar-refractivity contribution in [3.63, 3.8) is 0 Å². The zero-order valence-electron chi connectivity index (χ0n) is 10.5. The largest absolute Gasteiger partial charge is 0.458 e. The Kier molecular flexibility index (Phi) is 3.10. The van der Waals surface area contributed by atoms with Gasteiger partial charge in [-0.3, -0.25) is 0 Å². The van der Waals surface area contributed by atoms with Crippen LogP contribution in [-0.4, -0.2) is 18.3 Å². The summed E-state index contributed by atoms with van der Waals surface area (Å²) in [6, 6.07) is 9.80. The molecule has 3 nitrogen and oxygen atoms in total. The van der Waals surface area contributed by atoms with E-state index in [1.54, 1.807) is 0 Å². The molecule has 1 aliphatic heterocycles. The van der Waals surface area contributed by atoms with Crippen LogP contribution in [0.4, 0.5) is 0 Å². The highest BCUT2D eigenvalue weighted by atomic mass is 16.5. The molecule has 2 heterocycles. The number of para-hydroxylation sites is 1. The van der Waals surface area contributed by atoms with Gasteiger partial charge in [0.2, 0.25) is 0 Å². The maximum Gasteiger partial charge on any atom is 0.134 e. The first-order chi connectivity index (χ1) is 8.75. The van der Waals surface area contributed by atoms with Gasteiger partial charge in [0.15, 0.2) is 0 Å². The molecule has 1 fully saturated rings. The third-order valence-corrected chi connectivity index (χ3v) is 3.85. The van der Waals surface area contributed by atoms with Crippen LogP contribution < -0.4 is 0 Å². The van der Waals surface area contributed by atoms with E-state index in [0.717, 1.165) is 30.6 Å². The second-order valence-corrected chi connectivity index (χ2v) is 5.14. The van der Waals surface area contributed by atoms with Crippen LogP contribution in [0.15, 0.2) is 34.7 Å². The second-order valence-electron chi connectivity index (χ2n) is 5.14. The minimum atomic E-state index is -0.531. The summed E-state index contributed by atoms with van der Waals surface area (Å²) >= 11 is 0. The van der Waals surface area contributed by atoms with E-state index in [1.165, 1.54) is 0 Å². The van der Waals surface area contributed by atoms with Crippen molar-refractivity contribution >= 4 is 11.0 Å². The van der Waals surface area contributed by atoms with E-state index in [2.05, 4.69) is 6.92 Å². The van der Waals surface area contributed by atoms with Crippen LogP contribution >= 0.6 is 0 Å². The molecule has 0 bridgehead atoms. The monoisotopic (exact) mass is 246 g/mol. The molecule has 1 N–H and O–H groups in total. The first kappa shape index (κ1) is 11.8. The molecule has 1 saturated heterocycles. The average Bonchev–Trinajstić information content (AvgIpc) is 2.82. The van der Waals surface area contributed by atoms with Crippen molar-refractivity contribution in [1.82, 2.24) is 0 Å². The van der Waals surface area contributed by atoms with Crippen molar-refractivity contribution in [3.8, 4) is 0 Å². The third kappa shape index (κ3) is 2.04. The number of aliphatic hydroxyl groups is 1. The topological polar surface area (TPSA) is 42.6 Å². The molecule has 1 aromatic carbocycles. The number of aliphatic hydroxyl groups excluding tert-OH is 1. The summed E-state index contributed by atoms with van der Waals surface area (Å²) in [6.45, 7) is 3.57. The molecule has 0 radical (unpaired) electrons. The van der Waals surface area contributed by atoms with Crippen molar-refractivity contribution in [2.24, 2.45) is 11.8 Å². The fraction of sp³-hybridized carbons (Fsp3) is 0.467. The molecule has 3 atom stereocenters. The molecule has 3 heteroatoms. The number of rotatable bonds is 2. The molecule has 3 unspecified atom stereocenters. The number of fused-ring (bicyclic) bond motifs is 1. The first-order valence-corrected chi connectivity index (χ1v) is 6.50. The summed E-state index contributed by atoms with van der Waals surface area (Å²) in [7, 11) is 0. The van der Waals surface area contributed by atoms with E-state index < -0.39 is 6.10 Å². The van der Waals surface area contributed by atoms with Gasteiger partial charge in [-0.1, -0.05) is 25.1 Å². The van der Waals surface area contributed by atoms with Crippen molar-refractivity contribution in [2.75, 3.05) is 13.2 Å². The van der Waals surface area contributed by atoms with Gasteiger partial charge >= 0.3 is 0 Å². The maximum absolute atomic E-state index is 10.5. The highest BCUT2D eigenvalue weighted by Gasteiger charge is 2.31. The first-order valence-electron chi connectivity index (χ1n) is 6.50. The molecule has 0 spiro atoms. The predicted octanol–water partition coefficient (Wildman–Crippen LogP) is 3.14. The maximum atomic E-state index is 10.5. The van der Waals surface area contributed by atoms with Crippen LogP contribution in [0.25, 0.3) is 11.0 Å². The molecule has 18 heavy (non-hydrogen) atoms. The number of ether oxygens (including phenoxy) is 1. The van der Waals surface area contributed by atoms with Gasteiger partial charge in [-0.25, -0.2) is 0 Å². The number of furan rings is 1. The molecule has 1 aromatic heterocycles. The van der Waals surface area contributed by atoms with Gasteiger partial charge in [-0.05, 0) is 30.4 Å². The lowest BCUT2D eigenvalue weighted by molar-refractivity contribution is -0.0371. The van der Waals surface area contributed by atoms with Crippen LogP contribution in [0.5, 0.6) is 0 Å². The molecule has 0 saturated carbocycles. The highest BCUT2D eigenvalue weighted by molar-refractivity contribution is 5.77. The van der Waals surface area contributed by atoms with Crippen molar-refractivity contribution in [2.45, 2.75) is 19.4 Å². The molecular formula is C15H18O3. The van der Waals surface area contributed by atoms with Gasteiger partial charge in [0, 0.05) is 18.6 Å². The van der Waals surface area contributed by atoms with Crippen molar-refractivity contribution in [3.05, 3.63) is 36.1 Å². The Labute approximate surface area is 106 Å².